The molecule has 1 aliphatic rings. The van der Waals surface area contributed by atoms with Crippen molar-refractivity contribution in [3.8, 4) is 6.07 Å². The monoisotopic (exact) mass is 568 g/mol. The van der Waals surface area contributed by atoms with Gasteiger partial charge in [-0.15, -0.1) is 4.98 Å². The van der Waals surface area contributed by atoms with Crippen LogP contribution in [0.3, 0.4) is 0 Å². The summed E-state index contributed by atoms with van der Waals surface area (Å²) in [5, 5.41) is 10.1. The fourth-order valence-corrected chi connectivity index (χ4v) is 5.63. The second-order valence-corrected chi connectivity index (χ2v) is 10.1. The largest absolute Gasteiger partial charge is 0.467 e. The zero-order valence-electron chi connectivity index (χ0n) is 23.1. The van der Waals surface area contributed by atoms with Crippen molar-refractivity contribution < 1.29 is 18.3 Å². The lowest BCUT2D eigenvalue weighted by Crippen LogP contribution is -2.61. The first kappa shape index (κ1) is 28.4. The van der Waals surface area contributed by atoms with E-state index >= 15 is 0 Å². The number of esters is 1. The van der Waals surface area contributed by atoms with Crippen molar-refractivity contribution in [2.75, 3.05) is 25.1 Å². The number of rotatable bonds is 5. The van der Waals surface area contributed by atoms with E-state index in [4.69, 9.17) is 11.3 Å². The highest BCUT2D eigenvalue weighted by atomic mass is 19.1. The van der Waals surface area contributed by atoms with Gasteiger partial charge in [0.15, 0.2) is 0 Å². The maximum atomic E-state index is 13.9. The fourth-order valence-electron chi connectivity index (χ4n) is 5.63. The summed E-state index contributed by atoms with van der Waals surface area (Å²) in [5.74, 6) is -1.35. The number of ether oxygens (including phenoxy) is 1. The predicted octanol–water partition coefficient (Wildman–Crippen LogP) is 4.48. The summed E-state index contributed by atoms with van der Waals surface area (Å²) in [6.07, 6.45) is 0. The molecule has 3 heterocycles. The third-order valence-electron chi connectivity index (χ3n) is 7.68. The van der Waals surface area contributed by atoms with Crippen LogP contribution >= 0.6 is 0 Å². The Morgan fingerprint density at radius 3 is 2.19 bits per heavy atom. The number of halogens is 2. The molecular weight excluding hydrogens is 542 g/mol. The lowest BCUT2D eigenvalue weighted by molar-refractivity contribution is -0.143. The zero-order chi connectivity index (χ0) is 30.1. The first-order valence-corrected chi connectivity index (χ1v) is 13.1. The number of pyridine rings is 2. The maximum absolute atomic E-state index is 13.9. The molecular formula is C31H26F2N6O3. The second-order valence-electron chi connectivity index (χ2n) is 10.1. The van der Waals surface area contributed by atoms with Gasteiger partial charge < -0.3 is 19.0 Å². The molecule has 5 rings (SSSR count). The van der Waals surface area contributed by atoms with Gasteiger partial charge in [0.05, 0.1) is 18.7 Å². The van der Waals surface area contributed by atoms with E-state index in [2.05, 4.69) is 9.83 Å². The minimum Gasteiger partial charge on any atom is -0.467 e. The topological polar surface area (TPSA) is 95.8 Å². The quantitative estimate of drug-likeness (QED) is 0.259. The van der Waals surface area contributed by atoms with E-state index in [-0.39, 0.29) is 41.7 Å². The molecule has 1 saturated heterocycles. The van der Waals surface area contributed by atoms with Crippen LogP contribution in [0.25, 0.3) is 15.9 Å². The number of benzene rings is 2. The standard InChI is InChI=1S/C31H26F2N6O3/c1-18-16-39(29-23(15-34)30(40)37(3)24-13-14-26(35-2)36-27(24)29)25(31(41)42-4)17-38(18)28(19-5-9-21(32)10-6-19)20-7-11-22(33)12-8-20/h5-14,18,25,28H,16-17H2,1,3-4H3/t18-,25?/m1/s1. The molecule has 0 N–H and O–H groups in total. The number of fused-ring (bicyclic) bond motifs is 1. The molecule has 0 aliphatic carbocycles. The van der Waals surface area contributed by atoms with Crippen molar-refractivity contribution in [2.24, 2.45) is 7.05 Å². The van der Waals surface area contributed by atoms with Crippen molar-refractivity contribution in [1.82, 2.24) is 14.5 Å². The van der Waals surface area contributed by atoms with E-state index in [1.165, 1.54) is 49.1 Å². The van der Waals surface area contributed by atoms with Crippen LogP contribution < -0.4 is 10.5 Å². The summed E-state index contributed by atoms with van der Waals surface area (Å²) >= 11 is 0. The van der Waals surface area contributed by atoms with Gasteiger partial charge in [0.2, 0.25) is 5.52 Å². The Kier molecular flexibility index (Phi) is 7.70. The molecule has 0 amide bonds. The molecule has 2 atom stereocenters. The van der Waals surface area contributed by atoms with Gasteiger partial charge in [0, 0.05) is 26.2 Å². The van der Waals surface area contributed by atoms with Gasteiger partial charge in [-0.1, -0.05) is 30.8 Å². The van der Waals surface area contributed by atoms with Crippen LogP contribution in [0.1, 0.15) is 29.7 Å². The fraction of sp³-hybridized carbons (Fsp3) is 0.258. The zero-order valence-corrected chi connectivity index (χ0v) is 23.1. The number of hydrogen-bond acceptors (Lipinski definition) is 7. The van der Waals surface area contributed by atoms with E-state index in [9.17, 15) is 23.6 Å². The van der Waals surface area contributed by atoms with Gasteiger partial charge in [-0.25, -0.2) is 13.6 Å². The average molecular weight is 569 g/mol. The van der Waals surface area contributed by atoms with E-state index in [1.807, 2.05) is 17.9 Å². The van der Waals surface area contributed by atoms with Crippen LogP contribution in [-0.2, 0) is 16.6 Å². The summed E-state index contributed by atoms with van der Waals surface area (Å²) in [5.41, 5.74) is 1.48. The molecule has 42 heavy (non-hydrogen) atoms. The summed E-state index contributed by atoms with van der Waals surface area (Å²) in [7, 11) is 2.77. The van der Waals surface area contributed by atoms with Gasteiger partial charge in [-0.2, -0.15) is 5.26 Å². The molecule has 0 bridgehead atoms. The van der Waals surface area contributed by atoms with Crippen molar-refractivity contribution in [3.63, 3.8) is 0 Å². The van der Waals surface area contributed by atoms with Crippen LogP contribution in [0, 0.1) is 29.5 Å². The van der Waals surface area contributed by atoms with Gasteiger partial charge in [-0.3, -0.25) is 9.69 Å². The minimum atomic E-state index is -0.990. The number of nitriles is 1. The summed E-state index contributed by atoms with van der Waals surface area (Å²) < 4.78 is 34.3. The van der Waals surface area contributed by atoms with E-state index in [0.717, 1.165) is 11.1 Å². The highest BCUT2D eigenvalue weighted by molar-refractivity contribution is 5.95. The molecule has 0 radical (unpaired) electrons. The van der Waals surface area contributed by atoms with Gasteiger partial charge in [0.1, 0.15) is 35.0 Å². The highest BCUT2D eigenvalue weighted by Gasteiger charge is 2.43. The molecule has 1 fully saturated rings. The Labute approximate surface area is 240 Å². The number of carbonyl (C=O) groups excluding carboxylic acids is 1. The number of aryl methyl sites for hydroxylation is 1. The van der Waals surface area contributed by atoms with Crippen LogP contribution in [0.15, 0.2) is 65.5 Å². The third-order valence-corrected chi connectivity index (χ3v) is 7.68. The number of carbonyl (C=O) groups is 1. The third kappa shape index (κ3) is 4.95. The Morgan fingerprint density at radius 2 is 1.67 bits per heavy atom. The molecule has 11 heteroatoms. The predicted molar refractivity (Wildman–Crippen MR) is 152 cm³/mol. The van der Waals surface area contributed by atoms with Crippen LogP contribution in [-0.4, -0.2) is 52.7 Å². The molecule has 0 spiro atoms. The Bertz CT molecular complexity index is 1760. The lowest BCUT2D eigenvalue weighted by Gasteiger charge is -2.48. The summed E-state index contributed by atoms with van der Waals surface area (Å²) in [4.78, 5) is 38.2. The molecule has 1 unspecified atom stereocenters. The average Bonchev–Trinajstić information content (AvgIpc) is 3.00. The molecule has 2 aromatic carbocycles. The first-order valence-electron chi connectivity index (χ1n) is 13.1. The van der Waals surface area contributed by atoms with Crippen molar-refractivity contribution in [3.05, 3.63) is 111 Å². The Balaban J connectivity index is 1.69. The van der Waals surface area contributed by atoms with Crippen molar-refractivity contribution >= 4 is 28.5 Å². The van der Waals surface area contributed by atoms with Gasteiger partial charge in [-0.05, 0) is 54.4 Å². The molecule has 1 aliphatic heterocycles. The number of nitrogens with zero attached hydrogens (tertiary/aromatic N) is 6. The van der Waals surface area contributed by atoms with E-state index < -0.39 is 35.2 Å². The number of piperazine rings is 1. The minimum absolute atomic E-state index is 0.0697. The van der Waals surface area contributed by atoms with E-state index in [1.54, 1.807) is 35.2 Å². The normalized spacial score (nSPS) is 17.2. The molecule has 212 valence electrons. The van der Waals surface area contributed by atoms with Crippen LogP contribution in [0.4, 0.5) is 20.3 Å². The molecule has 9 nitrogen and oxygen atoms in total. The number of aromatic nitrogens is 2. The first-order chi connectivity index (χ1) is 20.2. The van der Waals surface area contributed by atoms with Crippen molar-refractivity contribution in [2.45, 2.75) is 25.0 Å². The molecule has 0 saturated carbocycles. The van der Waals surface area contributed by atoms with Crippen LogP contribution in [0.5, 0.6) is 0 Å². The number of anilines is 1. The SMILES string of the molecule is [C-]#[N+]c1ccc2c(n1)c(N1C[C@@H](C)N(C(c3ccc(F)cc3)c3ccc(F)cc3)CC1C(=O)OC)c(C#N)c(=O)n2C. The van der Waals surface area contributed by atoms with Crippen LogP contribution in [0.2, 0.25) is 0 Å². The van der Waals surface area contributed by atoms with Gasteiger partial charge in [0.25, 0.3) is 11.4 Å². The lowest BCUT2D eigenvalue weighted by atomic mass is 9.93. The summed E-state index contributed by atoms with van der Waals surface area (Å²) in [6.45, 7) is 9.62. The Morgan fingerprint density at radius 1 is 1.07 bits per heavy atom. The Hall–Kier alpha value is -5.13. The number of hydrogen-bond donors (Lipinski definition) is 0. The smallest absolute Gasteiger partial charge is 0.329 e. The number of methoxy groups -OCH3 is 1. The molecule has 4 aromatic rings. The van der Waals surface area contributed by atoms with Crippen molar-refractivity contribution in [1.29, 1.82) is 5.26 Å². The maximum Gasteiger partial charge on any atom is 0.329 e. The summed E-state index contributed by atoms with van der Waals surface area (Å²) in [6, 6.07) is 15.2. The van der Waals surface area contributed by atoms with Gasteiger partial charge >= 0.3 is 5.97 Å². The molecule has 2 aromatic heterocycles. The second kappa shape index (κ2) is 11.4. The highest BCUT2D eigenvalue weighted by Crippen LogP contribution is 2.38. The van der Waals surface area contributed by atoms with E-state index in [0.29, 0.717) is 5.52 Å².